The van der Waals surface area contributed by atoms with E-state index in [-0.39, 0.29) is 17.7 Å². The Labute approximate surface area is 174 Å². The third-order valence-electron chi connectivity index (χ3n) is 5.48. The first-order valence-electron chi connectivity index (χ1n) is 10.3. The number of rotatable bonds is 8. The molecule has 1 aromatic rings. The molecule has 6 heteroatoms. The first-order valence-corrected chi connectivity index (χ1v) is 10.7. The number of hydrogen-bond acceptors (Lipinski definition) is 3. The van der Waals surface area contributed by atoms with Gasteiger partial charge in [0.25, 0.3) is 0 Å². The van der Waals surface area contributed by atoms with Crippen molar-refractivity contribution in [2.45, 2.75) is 59.0 Å². The summed E-state index contributed by atoms with van der Waals surface area (Å²) in [6.45, 7) is 11.5. The maximum absolute atomic E-state index is 12.5. The van der Waals surface area contributed by atoms with Crippen molar-refractivity contribution < 1.29 is 9.59 Å². The van der Waals surface area contributed by atoms with Crippen molar-refractivity contribution in [2.24, 2.45) is 5.92 Å². The van der Waals surface area contributed by atoms with Gasteiger partial charge in [0, 0.05) is 49.2 Å². The van der Waals surface area contributed by atoms with Gasteiger partial charge >= 0.3 is 0 Å². The largest absolute Gasteiger partial charge is 0.355 e. The van der Waals surface area contributed by atoms with Gasteiger partial charge in [-0.2, -0.15) is 0 Å². The monoisotopic (exact) mass is 407 g/mol. The summed E-state index contributed by atoms with van der Waals surface area (Å²) in [4.78, 5) is 29.2. The molecule has 1 heterocycles. The quantitative estimate of drug-likeness (QED) is 0.718. The number of carbonyl (C=O) groups excluding carboxylic acids is 2. The summed E-state index contributed by atoms with van der Waals surface area (Å²) in [5.41, 5.74) is 0.967. The zero-order valence-corrected chi connectivity index (χ0v) is 18.3. The Balaban J connectivity index is 1.72. The fraction of sp³-hybridized carbons (Fsp3) is 0.636. The molecule has 28 heavy (non-hydrogen) atoms. The predicted molar refractivity (Wildman–Crippen MR) is 114 cm³/mol. The van der Waals surface area contributed by atoms with Crippen LogP contribution in [0, 0.1) is 5.92 Å². The minimum absolute atomic E-state index is 0.00568. The highest BCUT2D eigenvalue weighted by molar-refractivity contribution is 6.30. The van der Waals surface area contributed by atoms with E-state index in [1.165, 1.54) is 0 Å². The standard InChI is InChI=1S/C22H34ClN3O2/c1-16(2)26(17(3)4)14-11-24-22(28)19-9-12-25(13-10-19)21(27)15-18-5-7-20(23)8-6-18/h5-8,16-17,19H,9-15H2,1-4H3,(H,24,28). The van der Waals surface area contributed by atoms with E-state index in [1.54, 1.807) is 12.1 Å². The average molecular weight is 408 g/mol. The van der Waals surface area contributed by atoms with Crippen LogP contribution in [0.1, 0.15) is 46.1 Å². The number of piperidine rings is 1. The van der Waals surface area contributed by atoms with Gasteiger partial charge in [0.2, 0.25) is 11.8 Å². The third-order valence-corrected chi connectivity index (χ3v) is 5.73. The summed E-state index contributed by atoms with van der Waals surface area (Å²) < 4.78 is 0. The second-order valence-electron chi connectivity index (χ2n) is 8.17. The molecule has 1 N–H and O–H groups in total. The second-order valence-corrected chi connectivity index (χ2v) is 8.61. The highest BCUT2D eigenvalue weighted by Crippen LogP contribution is 2.19. The maximum Gasteiger partial charge on any atom is 0.226 e. The van der Waals surface area contributed by atoms with Crippen LogP contribution in [0.5, 0.6) is 0 Å². The van der Waals surface area contributed by atoms with Gasteiger partial charge in [0.1, 0.15) is 0 Å². The Morgan fingerprint density at radius 1 is 1.11 bits per heavy atom. The van der Waals surface area contributed by atoms with E-state index in [0.29, 0.717) is 43.2 Å². The Morgan fingerprint density at radius 2 is 1.68 bits per heavy atom. The summed E-state index contributed by atoms with van der Waals surface area (Å²) in [7, 11) is 0. The van der Waals surface area contributed by atoms with Crippen LogP contribution in [0.3, 0.4) is 0 Å². The fourth-order valence-electron chi connectivity index (χ4n) is 3.84. The molecule has 0 atom stereocenters. The summed E-state index contributed by atoms with van der Waals surface area (Å²) in [6, 6.07) is 8.32. The van der Waals surface area contributed by atoms with E-state index in [9.17, 15) is 9.59 Å². The van der Waals surface area contributed by atoms with Crippen LogP contribution in [0.25, 0.3) is 0 Å². The van der Waals surface area contributed by atoms with Gasteiger partial charge in [0.15, 0.2) is 0 Å². The average Bonchev–Trinajstić information content (AvgIpc) is 2.66. The van der Waals surface area contributed by atoms with Crippen molar-refractivity contribution in [3.8, 4) is 0 Å². The summed E-state index contributed by atoms with van der Waals surface area (Å²) in [6.07, 6.45) is 1.85. The molecule has 0 aromatic heterocycles. The van der Waals surface area contributed by atoms with Crippen molar-refractivity contribution >= 4 is 23.4 Å². The maximum atomic E-state index is 12.5. The van der Waals surface area contributed by atoms with Crippen molar-refractivity contribution in [2.75, 3.05) is 26.2 Å². The van der Waals surface area contributed by atoms with Crippen molar-refractivity contribution in [3.63, 3.8) is 0 Å². The van der Waals surface area contributed by atoms with Gasteiger partial charge < -0.3 is 10.2 Å². The lowest BCUT2D eigenvalue weighted by atomic mass is 9.95. The number of hydrogen-bond donors (Lipinski definition) is 1. The number of nitrogens with one attached hydrogen (secondary N) is 1. The SMILES string of the molecule is CC(C)N(CCNC(=O)C1CCN(C(=O)Cc2ccc(Cl)cc2)CC1)C(C)C. The van der Waals surface area contributed by atoms with Gasteiger partial charge in [-0.15, -0.1) is 0 Å². The molecule has 2 rings (SSSR count). The van der Waals surface area contributed by atoms with Crippen molar-refractivity contribution in [1.82, 2.24) is 15.1 Å². The molecule has 1 saturated heterocycles. The van der Waals surface area contributed by atoms with E-state index in [0.717, 1.165) is 24.9 Å². The zero-order chi connectivity index (χ0) is 20.7. The molecule has 0 aliphatic carbocycles. The molecule has 0 radical (unpaired) electrons. The van der Waals surface area contributed by atoms with Gasteiger partial charge in [-0.3, -0.25) is 14.5 Å². The molecule has 1 aliphatic heterocycles. The van der Waals surface area contributed by atoms with Crippen LogP contribution in [-0.4, -0.2) is 59.9 Å². The summed E-state index contributed by atoms with van der Waals surface area (Å²) in [5.74, 6) is 0.245. The normalized spacial score (nSPS) is 15.5. The van der Waals surface area contributed by atoms with E-state index in [4.69, 9.17) is 11.6 Å². The Hall–Kier alpha value is -1.59. The van der Waals surface area contributed by atoms with Crippen LogP contribution in [0.15, 0.2) is 24.3 Å². The van der Waals surface area contributed by atoms with E-state index >= 15 is 0 Å². The molecule has 5 nitrogen and oxygen atoms in total. The van der Waals surface area contributed by atoms with Gasteiger partial charge in [-0.05, 0) is 58.2 Å². The number of nitrogens with zero attached hydrogens (tertiary/aromatic N) is 2. The predicted octanol–water partition coefficient (Wildman–Crippen LogP) is 3.36. The topological polar surface area (TPSA) is 52.7 Å². The molecule has 1 aliphatic rings. The number of amides is 2. The van der Waals surface area contributed by atoms with Crippen LogP contribution in [-0.2, 0) is 16.0 Å². The lowest BCUT2D eigenvalue weighted by Crippen LogP contribution is -2.46. The van der Waals surface area contributed by atoms with Crippen LogP contribution >= 0.6 is 11.6 Å². The summed E-state index contributed by atoms with van der Waals surface area (Å²) >= 11 is 5.89. The Kier molecular flexibility index (Phi) is 8.77. The van der Waals surface area contributed by atoms with Gasteiger partial charge in [-0.25, -0.2) is 0 Å². The molecule has 0 saturated carbocycles. The lowest BCUT2D eigenvalue weighted by molar-refractivity contribution is -0.135. The Bertz CT molecular complexity index is 630. The lowest BCUT2D eigenvalue weighted by Gasteiger charge is -2.32. The van der Waals surface area contributed by atoms with Gasteiger partial charge in [0.05, 0.1) is 6.42 Å². The van der Waals surface area contributed by atoms with E-state index in [1.807, 2.05) is 17.0 Å². The molecular formula is C22H34ClN3O2. The number of halogens is 1. The Morgan fingerprint density at radius 3 is 2.21 bits per heavy atom. The smallest absolute Gasteiger partial charge is 0.226 e. The second kappa shape index (κ2) is 10.8. The van der Waals surface area contributed by atoms with Gasteiger partial charge in [-0.1, -0.05) is 23.7 Å². The molecule has 156 valence electrons. The van der Waals surface area contributed by atoms with Crippen LogP contribution in [0.4, 0.5) is 0 Å². The van der Waals surface area contributed by atoms with E-state index < -0.39 is 0 Å². The molecule has 0 spiro atoms. The molecule has 1 fully saturated rings. The first kappa shape index (κ1) is 22.7. The summed E-state index contributed by atoms with van der Waals surface area (Å²) in [5, 5.41) is 3.76. The molecular weight excluding hydrogens is 374 g/mol. The minimum Gasteiger partial charge on any atom is -0.355 e. The highest BCUT2D eigenvalue weighted by Gasteiger charge is 2.27. The first-order chi connectivity index (χ1) is 13.3. The van der Waals surface area contributed by atoms with E-state index in [2.05, 4.69) is 37.9 Å². The fourth-order valence-corrected chi connectivity index (χ4v) is 3.97. The third kappa shape index (κ3) is 6.78. The zero-order valence-electron chi connectivity index (χ0n) is 17.6. The number of carbonyl (C=O) groups is 2. The molecule has 2 amide bonds. The van der Waals surface area contributed by atoms with Crippen LogP contribution < -0.4 is 5.32 Å². The minimum atomic E-state index is 0.00568. The van der Waals surface area contributed by atoms with Crippen LogP contribution in [0.2, 0.25) is 5.02 Å². The van der Waals surface area contributed by atoms with Crippen molar-refractivity contribution in [1.29, 1.82) is 0 Å². The molecule has 0 unspecified atom stereocenters. The van der Waals surface area contributed by atoms with Crippen molar-refractivity contribution in [3.05, 3.63) is 34.9 Å². The highest BCUT2D eigenvalue weighted by atomic mass is 35.5. The number of likely N-dealkylation sites (tertiary alicyclic amines) is 1. The molecule has 0 bridgehead atoms. The number of benzene rings is 1. The molecule has 1 aromatic carbocycles.